The van der Waals surface area contributed by atoms with E-state index in [4.69, 9.17) is 4.42 Å². The molecule has 17 heavy (non-hydrogen) atoms. The maximum absolute atomic E-state index is 12.0. The summed E-state index contributed by atoms with van der Waals surface area (Å²) in [7, 11) is 0. The SMILES string of the molecule is O=c1ccc2cccoc-2c1N1CCNCC1. The molecule has 0 radical (unpaired) electrons. The van der Waals surface area contributed by atoms with Crippen molar-refractivity contribution >= 4 is 5.69 Å². The van der Waals surface area contributed by atoms with Gasteiger partial charge in [0.2, 0.25) is 5.43 Å². The van der Waals surface area contributed by atoms with Crippen molar-refractivity contribution < 1.29 is 4.42 Å². The van der Waals surface area contributed by atoms with Crippen LogP contribution in [0, 0.1) is 0 Å². The third-order valence-electron chi connectivity index (χ3n) is 3.10. The molecule has 4 nitrogen and oxygen atoms in total. The summed E-state index contributed by atoms with van der Waals surface area (Å²) in [6, 6.07) is 7.24. The Morgan fingerprint density at radius 3 is 2.82 bits per heavy atom. The van der Waals surface area contributed by atoms with Gasteiger partial charge in [0, 0.05) is 31.7 Å². The van der Waals surface area contributed by atoms with Crippen molar-refractivity contribution in [1.82, 2.24) is 5.32 Å². The monoisotopic (exact) mass is 230 g/mol. The molecule has 0 amide bonds. The number of hydrogen-bond acceptors (Lipinski definition) is 4. The Bertz CT molecular complexity index is 544. The predicted molar refractivity (Wildman–Crippen MR) is 66.7 cm³/mol. The molecule has 0 aromatic heterocycles. The largest absolute Gasteiger partial charge is 0.462 e. The predicted octanol–water partition coefficient (Wildman–Crippen LogP) is 1.15. The van der Waals surface area contributed by atoms with Crippen molar-refractivity contribution in [1.29, 1.82) is 0 Å². The van der Waals surface area contributed by atoms with Gasteiger partial charge < -0.3 is 14.6 Å². The van der Waals surface area contributed by atoms with Gasteiger partial charge in [-0.1, -0.05) is 0 Å². The average molecular weight is 230 g/mol. The molecule has 0 aromatic carbocycles. The second-order valence-electron chi connectivity index (χ2n) is 4.18. The minimum atomic E-state index is 0.0364. The summed E-state index contributed by atoms with van der Waals surface area (Å²) in [4.78, 5) is 14.1. The number of rotatable bonds is 1. The van der Waals surface area contributed by atoms with E-state index in [1.54, 1.807) is 12.3 Å². The summed E-state index contributed by atoms with van der Waals surface area (Å²) in [6.45, 7) is 3.50. The van der Waals surface area contributed by atoms with Crippen LogP contribution >= 0.6 is 0 Å². The Balaban J connectivity index is 2.14. The van der Waals surface area contributed by atoms with E-state index in [0.29, 0.717) is 11.4 Å². The van der Waals surface area contributed by atoms with Crippen molar-refractivity contribution in [3.63, 3.8) is 0 Å². The molecule has 1 fully saturated rings. The van der Waals surface area contributed by atoms with E-state index in [1.807, 2.05) is 18.2 Å². The fourth-order valence-electron chi connectivity index (χ4n) is 2.26. The normalized spacial score (nSPS) is 16.4. The van der Waals surface area contributed by atoms with Gasteiger partial charge in [-0.05, 0) is 24.3 Å². The van der Waals surface area contributed by atoms with Crippen LogP contribution in [0.1, 0.15) is 0 Å². The molecule has 88 valence electrons. The van der Waals surface area contributed by atoms with E-state index in [0.717, 1.165) is 31.7 Å². The Kier molecular flexibility index (Phi) is 2.57. The first-order chi connectivity index (χ1) is 8.36. The maximum Gasteiger partial charge on any atom is 0.205 e. The van der Waals surface area contributed by atoms with E-state index >= 15 is 0 Å². The molecule has 3 rings (SSSR count). The first-order valence-corrected chi connectivity index (χ1v) is 5.82. The van der Waals surface area contributed by atoms with Gasteiger partial charge >= 0.3 is 0 Å². The Labute approximate surface area is 99.2 Å². The molecular weight excluding hydrogens is 216 g/mol. The molecule has 0 unspecified atom stereocenters. The van der Waals surface area contributed by atoms with Crippen molar-refractivity contribution in [3.05, 3.63) is 40.8 Å². The van der Waals surface area contributed by atoms with Gasteiger partial charge in [-0.25, -0.2) is 0 Å². The molecular formula is C13H14N2O2. The van der Waals surface area contributed by atoms with Crippen LogP contribution in [0.25, 0.3) is 11.3 Å². The molecule has 2 heterocycles. The van der Waals surface area contributed by atoms with E-state index < -0.39 is 0 Å². The van der Waals surface area contributed by atoms with Gasteiger partial charge in [-0.2, -0.15) is 0 Å². The van der Waals surface area contributed by atoms with Crippen LogP contribution in [0.15, 0.2) is 39.7 Å². The highest BCUT2D eigenvalue weighted by molar-refractivity contribution is 5.74. The maximum atomic E-state index is 12.0. The molecule has 0 spiro atoms. The topological polar surface area (TPSA) is 45.5 Å². The Morgan fingerprint density at radius 1 is 1.18 bits per heavy atom. The summed E-state index contributed by atoms with van der Waals surface area (Å²) < 4.78 is 5.51. The Morgan fingerprint density at radius 2 is 2.00 bits per heavy atom. The van der Waals surface area contributed by atoms with Crippen molar-refractivity contribution in [2.24, 2.45) is 0 Å². The minimum absolute atomic E-state index is 0.0364. The molecule has 1 aliphatic carbocycles. The Hall–Kier alpha value is -1.81. The molecule has 1 saturated heterocycles. The number of nitrogens with one attached hydrogen (secondary N) is 1. The quantitative estimate of drug-likeness (QED) is 0.798. The number of fused-ring (bicyclic) bond motifs is 1. The van der Waals surface area contributed by atoms with Crippen molar-refractivity contribution in [3.8, 4) is 11.3 Å². The van der Waals surface area contributed by atoms with Crippen LogP contribution in [0.4, 0.5) is 5.69 Å². The van der Waals surface area contributed by atoms with Crippen LogP contribution in [-0.4, -0.2) is 26.2 Å². The smallest absolute Gasteiger partial charge is 0.205 e. The number of nitrogens with zero attached hydrogens (tertiary/aromatic N) is 1. The lowest BCUT2D eigenvalue weighted by atomic mass is 10.1. The van der Waals surface area contributed by atoms with Gasteiger partial charge in [0.1, 0.15) is 5.69 Å². The molecule has 0 bridgehead atoms. The summed E-state index contributed by atoms with van der Waals surface area (Å²) in [5.74, 6) is 0.696. The van der Waals surface area contributed by atoms with Gasteiger partial charge in [0.05, 0.1) is 6.26 Å². The number of hydrogen-bond donors (Lipinski definition) is 1. The molecule has 1 N–H and O–H groups in total. The molecule has 3 aliphatic rings. The van der Waals surface area contributed by atoms with E-state index in [9.17, 15) is 4.79 Å². The van der Waals surface area contributed by atoms with Crippen LogP contribution in [0.5, 0.6) is 0 Å². The van der Waals surface area contributed by atoms with Gasteiger partial charge in [-0.3, -0.25) is 4.79 Å². The number of benzene rings is 1. The van der Waals surface area contributed by atoms with E-state index in [2.05, 4.69) is 10.2 Å². The average Bonchev–Trinajstić information content (AvgIpc) is 2.39. The lowest BCUT2D eigenvalue weighted by Gasteiger charge is -2.29. The lowest BCUT2D eigenvalue weighted by molar-refractivity contribution is 0.549. The highest BCUT2D eigenvalue weighted by Crippen LogP contribution is 2.29. The highest BCUT2D eigenvalue weighted by Gasteiger charge is 2.20. The molecule has 2 aliphatic heterocycles. The summed E-state index contributed by atoms with van der Waals surface area (Å²) in [6.07, 6.45) is 1.62. The fraction of sp³-hybridized carbons (Fsp3) is 0.308. The molecule has 4 heteroatoms. The highest BCUT2D eigenvalue weighted by atomic mass is 16.3. The number of piperazine rings is 1. The zero-order chi connectivity index (χ0) is 11.7. The second kappa shape index (κ2) is 4.22. The van der Waals surface area contributed by atoms with Crippen LogP contribution in [-0.2, 0) is 0 Å². The summed E-state index contributed by atoms with van der Waals surface area (Å²) in [5, 5.41) is 3.28. The number of anilines is 1. The third kappa shape index (κ3) is 1.80. The van der Waals surface area contributed by atoms with Gasteiger partial charge in [-0.15, -0.1) is 0 Å². The summed E-state index contributed by atoms with van der Waals surface area (Å²) >= 11 is 0. The van der Waals surface area contributed by atoms with E-state index in [-0.39, 0.29) is 5.43 Å². The van der Waals surface area contributed by atoms with Crippen molar-refractivity contribution in [2.45, 2.75) is 0 Å². The first-order valence-electron chi connectivity index (χ1n) is 5.82. The molecule has 0 atom stereocenters. The van der Waals surface area contributed by atoms with Gasteiger partial charge in [0.25, 0.3) is 0 Å². The molecule has 0 saturated carbocycles. The van der Waals surface area contributed by atoms with Crippen LogP contribution < -0.4 is 15.6 Å². The standard InChI is InChI=1S/C13H14N2O2/c16-11-4-3-10-2-1-9-17-13(10)12(11)15-7-5-14-6-8-15/h1-4,9,14H,5-8H2. The van der Waals surface area contributed by atoms with Crippen molar-refractivity contribution in [2.75, 3.05) is 31.1 Å². The summed E-state index contributed by atoms with van der Waals surface area (Å²) in [5.41, 5.74) is 1.71. The van der Waals surface area contributed by atoms with Crippen LogP contribution in [0.2, 0.25) is 0 Å². The minimum Gasteiger partial charge on any atom is -0.462 e. The molecule has 0 aromatic rings. The van der Waals surface area contributed by atoms with Gasteiger partial charge in [0.15, 0.2) is 5.76 Å². The third-order valence-corrected chi connectivity index (χ3v) is 3.10. The zero-order valence-electron chi connectivity index (χ0n) is 9.48. The van der Waals surface area contributed by atoms with Crippen LogP contribution in [0.3, 0.4) is 0 Å². The zero-order valence-corrected chi connectivity index (χ0v) is 9.48. The fourth-order valence-corrected chi connectivity index (χ4v) is 2.26. The lowest BCUT2D eigenvalue weighted by Crippen LogP contribution is -2.45. The second-order valence-corrected chi connectivity index (χ2v) is 4.18. The first kappa shape index (κ1) is 10.4. The van der Waals surface area contributed by atoms with E-state index in [1.165, 1.54) is 0 Å².